The molecule has 5 heteroatoms. The van der Waals surface area contributed by atoms with Gasteiger partial charge in [0, 0.05) is 13.1 Å². The van der Waals surface area contributed by atoms with Crippen LogP contribution in [0.5, 0.6) is 0 Å². The fourth-order valence-electron chi connectivity index (χ4n) is 2.42. The van der Waals surface area contributed by atoms with E-state index in [0.29, 0.717) is 39.0 Å². The van der Waals surface area contributed by atoms with Crippen molar-refractivity contribution >= 4 is 0 Å². The van der Waals surface area contributed by atoms with Crippen LogP contribution >= 0.6 is 0 Å². The van der Waals surface area contributed by atoms with Gasteiger partial charge in [0.2, 0.25) is 0 Å². The summed E-state index contributed by atoms with van der Waals surface area (Å²) in [7, 11) is 0. The lowest BCUT2D eigenvalue weighted by atomic mass is 9.89. The first-order valence-electron chi connectivity index (χ1n) is 7.41. The van der Waals surface area contributed by atoms with Gasteiger partial charge in [-0.05, 0) is 18.8 Å². The maximum absolute atomic E-state index is 9.78. The van der Waals surface area contributed by atoms with Gasteiger partial charge in [-0.15, -0.1) is 0 Å². The van der Waals surface area contributed by atoms with Crippen molar-refractivity contribution in [1.29, 1.82) is 0 Å². The molecule has 0 spiro atoms. The Balaban J connectivity index is 1.94. The van der Waals surface area contributed by atoms with Gasteiger partial charge in [-0.1, -0.05) is 19.8 Å². The Morgan fingerprint density at radius 1 is 1.32 bits per heavy atom. The van der Waals surface area contributed by atoms with Crippen LogP contribution in [0.3, 0.4) is 0 Å². The van der Waals surface area contributed by atoms with E-state index in [0.717, 1.165) is 18.8 Å². The molecule has 1 fully saturated rings. The van der Waals surface area contributed by atoms with Crippen molar-refractivity contribution in [2.75, 3.05) is 39.5 Å². The number of hydrogen-bond acceptors (Lipinski definition) is 5. The van der Waals surface area contributed by atoms with Crippen LogP contribution in [0.2, 0.25) is 0 Å². The molecule has 0 amide bonds. The highest BCUT2D eigenvalue weighted by atomic mass is 16.5. The minimum atomic E-state index is -0.463. The van der Waals surface area contributed by atoms with Gasteiger partial charge in [0.25, 0.3) is 0 Å². The average molecular weight is 275 g/mol. The summed E-state index contributed by atoms with van der Waals surface area (Å²) < 4.78 is 10.9. The third kappa shape index (κ3) is 8.55. The highest BCUT2D eigenvalue weighted by molar-refractivity contribution is 4.71. The fourth-order valence-corrected chi connectivity index (χ4v) is 2.42. The number of nitrogens with one attached hydrogen (secondary N) is 1. The number of ether oxygens (including phenoxy) is 2. The van der Waals surface area contributed by atoms with Crippen molar-refractivity contribution in [3.05, 3.63) is 0 Å². The number of aliphatic hydroxyl groups is 2. The fraction of sp³-hybridized carbons (Fsp3) is 1.00. The topological polar surface area (TPSA) is 71.0 Å². The van der Waals surface area contributed by atoms with Crippen molar-refractivity contribution in [3.8, 4) is 0 Å². The lowest BCUT2D eigenvalue weighted by molar-refractivity contribution is -0.0309. The van der Waals surface area contributed by atoms with Crippen LogP contribution in [0.25, 0.3) is 0 Å². The van der Waals surface area contributed by atoms with E-state index in [1.807, 2.05) is 0 Å². The molecule has 0 aromatic rings. The Morgan fingerprint density at radius 2 is 2.16 bits per heavy atom. The largest absolute Gasteiger partial charge is 0.394 e. The van der Waals surface area contributed by atoms with E-state index in [9.17, 15) is 5.11 Å². The molecule has 3 atom stereocenters. The van der Waals surface area contributed by atoms with Crippen LogP contribution in [-0.2, 0) is 9.47 Å². The molecule has 3 unspecified atom stereocenters. The molecule has 114 valence electrons. The normalized spacial score (nSPS) is 25.4. The molecule has 0 bridgehead atoms. The van der Waals surface area contributed by atoms with Gasteiger partial charge in [0.15, 0.2) is 0 Å². The zero-order valence-corrected chi connectivity index (χ0v) is 12.0. The van der Waals surface area contributed by atoms with E-state index in [1.165, 1.54) is 12.8 Å². The van der Waals surface area contributed by atoms with Crippen molar-refractivity contribution in [2.24, 2.45) is 5.92 Å². The molecule has 1 aliphatic rings. The molecular formula is C14H29NO4. The van der Waals surface area contributed by atoms with Gasteiger partial charge in [0.05, 0.1) is 38.6 Å². The molecule has 0 radical (unpaired) electrons. The number of hydrogen-bond donors (Lipinski definition) is 3. The summed E-state index contributed by atoms with van der Waals surface area (Å²) in [4.78, 5) is 0. The van der Waals surface area contributed by atoms with Crippen molar-refractivity contribution in [3.63, 3.8) is 0 Å². The molecule has 3 N–H and O–H groups in total. The molecule has 19 heavy (non-hydrogen) atoms. The highest BCUT2D eigenvalue weighted by Gasteiger charge is 2.20. The van der Waals surface area contributed by atoms with Gasteiger partial charge in [-0.3, -0.25) is 0 Å². The summed E-state index contributed by atoms with van der Waals surface area (Å²) in [5.74, 6) is 0.748. The van der Waals surface area contributed by atoms with E-state index in [1.54, 1.807) is 0 Å². The number of aliphatic hydroxyl groups excluding tert-OH is 2. The zero-order chi connectivity index (χ0) is 13.9. The molecular weight excluding hydrogens is 246 g/mol. The van der Waals surface area contributed by atoms with Crippen LogP contribution in [0.1, 0.15) is 32.6 Å². The first-order valence-corrected chi connectivity index (χ1v) is 7.41. The SMILES string of the molecule is CC1CCCC(OCC(O)CNCCOCCO)C1. The minimum Gasteiger partial charge on any atom is -0.394 e. The van der Waals surface area contributed by atoms with E-state index >= 15 is 0 Å². The molecule has 0 aromatic carbocycles. The van der Waals surface area contributed by atoms with Crippen LogP contribution in [0, 0.1) is 5.92 Å². The van der Waals surface area contributed by atoms with Crippen molar-refractivity contribution in [2.45, 2.75) is 44.8 Å². The molecule has 5 nitrogen and oxygen atoms in total. The van der Waals surface area contributed by atoms with Crippen molar-refractivity contribution < 1.29 is 19.7 Å². The zero-order valence-electron chi connectivity index (χ0n) is 12.0. The second-order valence-electron chi connectivity index (χ2n) is 5.42. The molecule has 0 heterocycles. The Bertz CT molecular complexity index is 216. The van der Waals surface area contributed by atoms with E-state index < -0.39 is 6.10 Å². The maximum atomic E-state index is 9.78. The Labute approximate surface area is 116 Å². The quantitative estimate of drug-likeness (QED) is 0.508. The second kappa shape index (κ2) is 10.6. The van der Waals surface area contributed by atoms with Gasteiger partial charge >= 0.3 is 0 Å². The second-order valence-corrected chi connectivity index (χ2v) is 5.42. The predicted molar refractivity (Wildman–Crippen MR) is 74.2 cm³/mol. The molecule has 0 aliphatic heterocycles. The van der Waals surface area contributed by atoms with Crippen LogP contribution in [0.15, 0.2) is 0 Å². The van der Waals surface area contributed by atoms with Gasteiger partial charge in [0.1, 0.15) is 0 Å². The third-order valence-electron chi connectivity index (χ3n) is 3.45. The van der Waals surface area contributed by atoms with Gasteiger partial charge in [-0.2, -0.15) is 0 Å². The smallest absolute Gasteiger partial charge is 0.0897 e. The van der Waals surface area contributed by atoms with Gasteiger partial charge in [-0.25, -0.2) is 0 Å². The summed E-state index contributed by atoms with van der Waals surface area (Å²) in [6, 6.07) is 0. The standard InChI is InChI=1S/C14H29NO4/c1-12-3-2-4-14(9-12)19-11-13(17)10-15-5-7-18-8-6-16/h12-17H,2-11H2,1H3. The van der Waals surface area contributed by atoms with Crippen LogP contribution in [-0.4, -0.2) is 61.9 Å². The Hall–Kier alpha value is -0.200. The maximum Gasteiger partial charge on any atom is 0.0897 e. The molecule has 1 aliphatic carbocycles. The molecule has 0 aromatic heterocycles. The Kier molecular flexibility index (Phi) is 9.38. The highest BCUT2D eigenvalue weighted by Crippen LogP contribution is 2.25. The summed E-state index contributed by atoms with van der Waals surface area (Å²) in [5, 5.41) is 21.4. The lowest BCUT2D eigenvalue weighted by Crippen LogP contribution is -2.34. The summed E-state index contributed by atoms with van der Waals surface area (Å²) in [6.45, 7) is 4.84. The molecule has 1 saturated carbocycles. The number of rotatable bonds is 10. The Morgan fingerprint density at radius 3 is 2.89 bits per heavy atom. The third-order valence-corrected chi connectivity index (χ3v) is 3.45. The monoisotopic (exact) mass is 275 g/mol. The summed E-state index contributed by atoms with van der Waals surface area (Å²) in [6.07, 6.45) is 4.65. The summed E-state index contributed by atoms with van der Waals surface area (Å²) >= 11 is 0. The molecule has 0 saturated heterocycles. The van der Waals surface area contributed by atoms with E-state index in [2.05, 4.69) is 12.2 Å². The van der Waals surface area contributed by atoms with Gasteiger partial charge < -0.3 is 25.0 Å². The van der Waals surface area contributed by atoms with Crippen LogP contribution in [0.4, 0.5) is 0 Å². The summed E-state index contributed by atoms with van der Waals surface area (Å²) in [5.41, 5.74) is 0. The van der Waals surface area contributed by atoms with E-state index in [4.69, 9.17) is 14.6 Å². The average Bonchev–Trinajstić information content (AvgIpc) is 2.40. The van der Waals surface area contributed by atoms with Crippen molar-refractivity contribution in [1.82, 2.24) is 5.32 Å². The van der Waals surface area contributed by atoms with E-state index in [-0.39, 0.29) is 6.61 Å². The first-order chi connectivity index (χ1) is 9.22. The lowest BCUT2D eigenvalue weighted by Gasteiger charge is -2.27. The predicted octanol–water partition coefficient (Wildman–Crippen LogP) is 0.541. The first kappa shape index (κ1) is 16.9. The molecule has 1 rings (SSSR count). The minimum absolute atomic E-state index is 0.0519. The van der Waals surface area contributed by atoms with Crippen LogP contribution < -0.4 is 5.32 Å².